The highest BCUT2D eigenvalue weighted by Gasteiger charge is 2.24. The largest absolute Gasteiger partial charge is 0.478 e. The second kappa shape index (κ2) is 7.46. The van der Waals surface area contributed by atoms with Gasteiger partial charge in [-0.05, 0) is 32.9 Å². The van der Waals surface area contributed by atoms with E-state index in [0.717, 1.165) is 11.4 Å². The number of carbonyl (C=O) groups excluding carboxylic acids is 1. The number of hydrogen-bond acceptors (Lipinski definition) is 6. The number of aryl methyl sites for hydroxylation is 2. The van der Waals surface area contributed by atoms with E-state index in [0.29, 0.717) is 50.2 Å². The van der Waals surface area contributed by atoms with E-state index in [2.05, 4.69) is 19.9 Å². The van der Waals surface area contributed by atoms with Crippen LogP contribution in [0.2, 0.25) is 0 Å². The Morgan fingerprint density at radius 3 is 2.52 bits per heavy atom. The van der Waals surface area contributed by atoms with Gasteiger partial charge in [-0.2, -0.15) is 4.98 Å². The van der Waals surface area contributed by atoms with Gasteiger partial charge in [0.2, 0.25) is 11.8 Å². The summed E-state index contributed by atoms with van der Waals surface area (Å²) in [5.74, 6) is 1.27. The molecule has 1 saturated heterocycles. The van der Waals surface area contributed by atoms with Gasteiger partial charge in [-0.1, -0.05) is 0 Å². The van der Waals surface area contributed by atoms with Crippen LogP contribution >= 0.6 is 0 Å². The van der Waals surface area contributed by atoms with Gasteiger partial charge in [0.15, 0.2) is 0 Å². The topological polar surface area (TPSA) is 71.5 Å². The minimum absolute atomic E-state index is 0.0207. The van der Waals surface area contributed by atoms with Gasteiger partial charge in [0, 0.05) is 49.8 Å². The lowest BCUT2D eigenvalue weighted by Crippen LogP contribution is -2.49. The molecule has 7 nitrogen and oxygen atoms in total. The van der Waals surface area contributed by atoms with Crippen LogP contribution < -0.4 is 9.64 Å². The summed E-state index contributed by atoms with van der Waals surface area (Å²) in [6.45, 7) is 9.00. The van der Waals surface area contributed by atoms with Crippen LogP contribution in [0.5, 0.6) is 5.88 Å². The second-order valence-electron chi connectivity index (χ2n) is 6.05. The minimum Gasteiger partial charge on any atom is -0.478 e. The summed E-state index contributed by atoms with van der Waals surface area (Å²) < 4.78 is 5.50. The summed E-state index contributed by atoms with van der Waals surface area (Å²) in [6, 6.07) is 5.52. The van der Waals surface area contributed by atoms with Crippen LogP contribution in [-0.2, 0) is 0 Å². The van der Waals surface area contributed by atoms with E-state index < -0.39 is 0 Å². The molecule has 2 aromatic heterocycles. The zero-order chi connectivity index (χ0) is 17.8. The van der Waals surface area contributed by atoms with Crippen molar-refractivity contribution in [2.45, 2.75) is 20.8 Å². The molecule has 0 N–H and O–H groups in total. The number of nitrogens with zero attached hydrogens (tertiary/aromatic N) is 5. The van der Waals surface area contributed by atoms with Crippen LogP contribution in [0.15, 0.2) is 24.4 Å². The summed E-state index contributed by atoms with van der Waals surface area (Å²) in [4.78, 5) is 29.7. The Kier molecular flexibility index (Phi) is 5.11. The minimum atomic E-state index is 0.0207. The van der Waals surface area contributed by atoms with Crippen LogP contribution in [0.25, 0.3) is 0 Å². The third kappa shape index (κ3) is 4.04. The number of anilines is 1. The lowest BCUT2D eigenvalue weighted by molar-refractivity contribution is 0.0745. The number of carbonyl (C=O) groups is 1. The molecule has 0 aliphatic carbocycles. The Hall–Kier alpha value is -2.70. The molecule has 0 bridgehead atoms. The van der Waals surface area contributed by atoms with E-state index in [-0.39, 0.29) is 5.91 Å². The lowest BCUT2D eigenvalue weighted by Gasteiger charge is -2.34. The van der Waals surface area contributed by atoms with Crippen LogP contribution in [0.1, 0.15) is 28.7 Å². The molecule has 7 heteroatoms. The lowest BCUT2D eigenvalue weighted by atomic mass is 10.2. The predicted molar refractivity (Wildman–Crippen MR) is 95.0 cm³/mol. The van der Waals surface area contributed by atoms with Crippen molar-refractivity contribution in [1.82, 2.24) is 19.9 Å². The van der Waals surface area contributed by atoms with Crippen molar-refractivity contribution in [3.63, 3.8) is 0 Å². The fourth-order valence-electron chi connectivity index (χ4n) is 2.77. The molecule has 0 atom stereocenters. The molecule has 0 spiro atoms. The molecule has 0 radical (unpaired) electrons. The number of pyridine rings is 1. The Bertz CT molecular complexity index is 740. The van der Waals surface area contributed by atoms with Gasteiger partial charge in [-0.15, -0.1) is 0 Å². The summed E-state index contributed by atoms with van der Waals surface area (Å²) in [7, 11) is 0. The molecule has 25 heavy (non-hydrogen) atoms. The molecule has 0 unspecified atom stereocenters. The highest BCUT2D eigenvalue weighted by molar-refractivity contribution is 5.94. The first-order chi connectivity index (χ1) is 12.1. The normalized spacial score (nSPS) is 14.5. The van der Waals surface area contributed by atoms with Crippen molar-refractivity contribution in [1.29, 1.82) is 0 Å². The Labute approximate surface area is 147 Å². The monoisotopic (exact) mass is 341 g/mol. The molecular formula is C18H23N5O2. The standard InChI is InChI=1S/C18H23N5O2/c1-4-25-16-11-14(3)20-18(21-16)23-9-7-22(8-10-23)17(24)15-6-5-13(2)19-12-15/h5-6,11-12H,4,7-10H2,1-3H3. The van der Waals surface area contributed by atoms with Gasteiger partial charge in [0.05, 0.1) is 12.2 Å². The predicted octanol–water partition coefficient (Wildman–Crippen LogP) is 1.85. The Morgan fingerprint density at radius 2 is 1.88 bits per heavy atom. The van der Waals surface area contributed by atoms with Crippen molar-refractivity contribution in [2.24, 2.45) is 0 Å². The summed E-state index contributed by atoms with van der Waals surface area (Å²) in [6.07, 6.45) is 1.64. The third-order valence-corrected chi connectivity index (χ3v) is 4.12. The van der Waals surface area contributed by atoms with Gasteiger partial charge in [-0.3, -0.25) is 9.78 Å². The van der Waals surface area contributed by atoms with Gasteiger partial charge < -0.3 is 14.5 Å². The van der Waals surface area contributed by atoms with Crippen LogP contribution in [0, 0.1) is 13.8 Å². The van der Waals surface area contributed by atoms with Gasteiger partial charge in [0.1, 0.15) is 0 Å². The van der Waals surface area contributed by atoms with Crippen LogP contribution in [0.3, 0.4) is 0 Å². The highest BCUT2D eigenvalue weighted by atomic mass is 16.5. The number of hydrogen-bond donors (Lipinski definition) is 0. The van der Waals surface area contributed by atoms with Crippen LogP contribution in [0.4, 0.5) is 5.95 Å². The average molecular weight is 341 g/mol. The zero-order valence-electron chi connectivity index (χ0n) is 14.9. The first-order valence-electron chi connectivity index (χ1n) is 8.52. The SMILES string of the molecule is CCOc1cc(C)nc(N2CCN(C(=O)c3ccc(C)nc3)CC2)n1. The first-order valence-corrected chi connectivity index (χ1v) is 8.52. The molecule has 3 rings (SSSR count). The molecule has 3 heterocycles. The second-order valence-corrected chi connectivity index (χ2v) is 6.05. The Morgan fingerprint density at radius 1 is 1.12 bits per heavy atom. The quantitative estimate of drug-likeness (QED) is 0.845. The maximum Gasteiger partial charge on any atom is 0.255 e. The summed E-state index contributed by atoms with van der Waals surface area (Å²) in [5.41, 5.74) is 2.41. The van der Waals surface area contributed by atoms with Crippen molar-refractivity contribution in [3.05, 3.63) is 41.3 Å². The molecule has 1 fully saturated rings. The van der Waals surface area contributed by atoms with Crippen molar-refractivity contribution < 1.29 is 9.53 Å². The maximum atomic E-state index is 12.6. The van der Waals surface area contributed by atoms with E-state index in [9.17, 15) is 4.79 Å². The molecule has 2 aromatic rings. The average Bonchev–Trinajstić information content (AvgIpc) is 2.62. The first kappa shape index (κ1) is 17.1. The van der Waals surface area contributed by atoms with E-state index in [1.165, 1.54) is 0 Å². The zero-order valence-corrected chi connectivity index (χ0v) is 14.9. The number of ether oxygens (including phenoxy) is 1. The molecule has 1 amide bonds. The van der Waals surface area contributed by atoms with Crippen LogP contribution in [-0.4, -0.2) is 58.5 Å². The molecular weight excluding hydrogens is 318 g/mol. The fraction of sp³-hybridized carbons (Fsp3) is 0.444. The van der Waals surface area contributed by atoms with Gasteiger partial charge in [0.25, 0.3) is 5.91 Å². The third-order valence-electron chi connectivity index (χ3n) is 4.12. The number of rotatable bonds is 4. The van der Waals surface area contributed by atoms with Crippen molar-refractivity contribution in [2.75, 3.05) is 37.7 Å². The van der Waals surface area contributed by atoms with E-state index >= 15 is 0 Å². The van der Waals surface area contributed by atoms with Crippen molar-refractivity contribution in [3.8, 4) is 5.88 Å². The van der Waals surface area contributed by atoms with Gasteiger partial charge in [-0.25, -0.2) is 4.98 Å². The molecule has 0 aromatic carbocycles. The maximum absolute atomic E-state index is 12.6. The van der Waals surface area contributed by atoms with Crippen molar-refractivity contribution >= 4 is 11.9 Å². The molecule has 0 saturated carbocycles. The molecule has 1 aliphatic rings. The molecule has 1 aliphatic heterocycles. The summed E-state index contributed by atoms with van der Waals surface area (Å²) >= 11 is 0. The highest BCUT2D eigenvalue weighted by Crippen LogP contribution is 2.18. The van der Waals surface area contributed by atoms with Gasteiger partial charge >= 0.3 is 0 Å². The number of aromatic nitrogens is 3. The number of amides is 1. The fourth-order valence-corrected chi connectivity index (χ4v) is 2.77. The smallest absolute Gasteiger partial charge is 0.255 e. The van der Waals surface area contributed by atoms with E-state index in [4.69, 9.17) is 4.74 Å². The Balaban J connectivity index is 1.65. The molecule has 132 valence electrons. The van der Waals surface area contributed by atoms with E-state index in [1.807, 2.05) is 43.9 Å². The van der Waals surface area contributed by atoms with E-state index in [1.54, 1.807) is 6.20 Å². The number of piperazine rings is 1. The summed E-state index contributed by atoms with van der Waals surface area (Å²) in [5, 5.41) is 0.